The van der Waals surface area contributed by atoms with Gasteiger partial charge in [0.1, 0.15) is 0 Å². The number of nitrogens with two attached hydrogens (primary N) is 2. The number of amides is 1. The van der Waals surface area contributed by atoms with E-state index in [9.17, 15) is 9.90 Å². The number of hydrogen-bond donors (Lipinski definition) is 4. The average molecular weight is 451 g/mol. The second-order valence-corrected chi connectivity index (χ2v) is 7.93. The van der Waals surface area contributed by atoms with Gasteiger partial charge in [-0.2, -0.15) is 0 Å². The summed E-state index contributed by atoms with van der Waals surface area (Å²) >= 11 is 1.47. The van der Waals surface area contributed by atoms with Gasteiger partial charge in [0.15, 0.2) is 10.9 Å². The van der Waals surface area contributed by atoms with Crippen LogP contribution in [0.25, 0.3) is 10.8 Å². The Kier molecular flexibility index (Phi) is 9.16. The summed E-state index contributed by atoms with van der Waals surface area (Å²) in [6.45, 7) is 6.18. The number of aliphatic imine (C=N–C) groups is 1. The molecular weight excluding hydrogens is 420 g/mol. The summed E-state index contributed by atoms with van der Waals surface area (Å²) in [5, 5.41) is 15.1. The maximum absolute atomic E-state index is 12.3. The molecule has 7 heteroatoms. The zero-order valence-corrected chi connectivity index (χ0v) is 19.7. The van der Waals surface area contributed by atoms with Crippen molar-refractivity contribution in [3.8, 4) is 5.75 Å². The van der Waals surface area contributed by atoms with Crippen LogP contribution in [0, 0.1) is 0 Å². The van der Waals surface area contributed by atoms with Crippen LogP contribution in [0.4, 0.5) is 11.4 Å². The molecule has 6 nitrogen and oxygen atoms in total. The van der Waals surface area contributed by atoms with Crippen molar-refractivity contribution in [3.05, 3.63) is 77.5 Å². The smallest absolute Gasteiger partial charge is 0.259 e. The predicted molar refractivity (Wildman–Crippen MR) is 138 cm³/mol. The van der Waals surface area contributed by atoms with Crippen molar-refractivity contribution in [2.75, 3.05) is 17.3 Å². The maximum atomic E-state index is 12.3. The number of para-hydroxylation sites is 1. The number of anilines is 2. The van der Waals surface area contributed by atoms with Gasteiger partial charge in [0.05, 0.1) is 11.3 Å². The molecule has 0 saturated heterocycles. The number of benzene rings is 3. The number of carbonyl (C=O) groups is 1. The van der Waals surface area contributed by atoms with Gasteiger partial charge in [-0.1, -0.05) is 66.7 Å². The van der Waals surface area contributed by atoms with Gasteiger partial charge < -0.3 is 21.9 Å². The summed E-state index contributed by atoms with van der Waals surface area (Å²) in [6.07, 6.45) is 2.96. The minimum absolute atomic E-state index is 0.162. The lowest BCUT2D eigenvalue weighted by Gasteiger charge is -2.11. The zero-order chi connectivity index (χ0) is 23.7. The highest BCUT2D eigenvalue weighted by Gasteiger charge is 2.16. The molecule has 32 heavy (non-hydrogen) atoms. The number of amidine groups is 1. The first-order chi connectivity index (χ1) is 15.3. The van der Waals surface area contributed by atoms with Crippen LogP contribution in [-0.4, -0.2) is 22.4 Å². The van der Waals surface area contributed by atoms with Crippen molar-refractivity contribution >= 4 is 45.0 Å². The van der Waals surface area contributed by atoms with Gasteiger partial charge in [-0.25, -0.2) is 4.99 Å². The van der Waals surface area contributed by atoms with Crippen molar-refractivity contribution in [2.24, 2.45) is 10.7 Å². The van der Waals surface area contributed by atoms with E-state index in [2.05, 4.69) is 24.2 Å². The third-order valence-electron chi connectivity index (χ3n) is 4.97. The Morgan fingerprint density at radius 1 is 1.09 bits per heavy atom. The number of nitrogens with zero attached hydrogens (tertiary/aromatic N) is 1. The molecule has 0 aromatic heterocycles. The minimum atomic E-state index is -0.392. The number of carbonyl (C=O) groups excluding carboxylic acids is 1. The van der Waals surface area contributed by atoms with Gasteiger partial charge >= 0.3 is 0 Å². The molecule has 0 spiro atoms. The summed E-state index contributed by atoms with van der Waals surface area (Å²) in [5.74, 6) is -0.585. The standard InChI is InChI=1S/C17H14N2O2.C8H16N2S/c18-15-13-9-5-4-6-11(13)10-14(16(15)20)17(21)19-12-7-2-1-3-8-12;1-5-6(2)7(3)10-8(9)11-4/h1-10,20H,18H2,(H,19,21);5H2,1-4H3,(H2,9,10)/b;7-6+. The molecule has 0 radical (unpaired) electrons. The van der Waals surface area contributed by atoms with Crippen LogP contribution in [0.2, 0.25) is 0 Å². The van der Waals surface area contributed by atoms with Crippen molar-refractivity contribution in [2.45, 2.75) is 27.2 Å². The van der Waals surface area contributed by atoms with Crippen molar-refractivity contribution < 1.29 is 9.90 Å². The number of phenols is 1. The molecule has 3 aromatic carbocycles. The van der Waals surface area contributed by atoms with E-state index in [0.29, 0.717) is 10.9 Å². The van der Waals surface area contributed by atoms with E-state index in [-0.39, 0.29) is 17.0 Å². The molecule has 168 valence electrons. The number of phenolic OH excluding ortho intramolecular Hbond substituents is 1. The van der Waals surface area contributed by atoms with Crippen LogP contribution >= 0.6 is 11.8 Å². The topological polar surface area (TPSA) is 114 Å². The zero-order valence-electron chi connectivity index (χ0n) is 18.8. The van der Waals surface area contributed by atoms with Gasteiger partial charge in [0.25, 0.3) is 5.91 Å². The third kappa shape index (κ3) is 6.52. The number of fused-ring (bicyclic) bond motifs is 1. The first-order valence-electron chi connectivity index (χ1n) is 10.2. The molecule has 0 heterocycles. The van der Waals surface area contributed by atoms with Crippen LogP contribution in [0.5, 0.6) is 5.75 Å². The summed E-state index contributed by atoms with van der Waals surface area (Å²) in [4.78, 5) is 16.5. The van der Waals surface area contributed by atoms with Crippen molar-refractivity contribution in [1.82, 2.24) is 0 Å². The fraction of sp³-hybridized carbons (Fsp3) is 0.200. The average Bonchev–Trinajstić information content (AvgIpc) is 2.81. The Bertz CT molecular complexity index is 1140. The number of hydrogen-bond acceptors (Lipinski definition) is 5. The molecular formula is C25H30N4O2S. The normalized spacial score (nSPS) is 11.9. The van der Waals surface area contributed by atoms with E-state index in [0.717, 1.165) is 22.9 Å². The molecule has 3 aromatic rings. The predicted octanol–water partition coefficient (Wildman–Crippen LogP) is 5.75. The second-order valence-electron chi connectivity index (χ2n) is 7.10. The fourth-order valence-electron chi connectivity index (χ4n) is 2.82. The summed E-state index contributed by atoms with van der Waals surface area (Å²) < 4.78 is 0. The molecule has 6 N–H and O–H groups in total. The lowest BCUT2D eigenvalue weighted by Crippen LogP contribution is -2.12. The first kappa shape index (κ1) is 24.8. The largest absolute Gasteiger partial charge is 0.505 e. The van der Waals surface area contributed by atoms with E-state index >= 15 is 0 Å². The van der Waals surface area contributed by atoms with E-state index in [4.69, 9.17) is 11.5 Å². The van der Waals surface area contributed by atoms with Crippen LogP contribution in [0.3, 0.4) is 0 Å². The Balaban J connectivity index is 0.000000282. The van der Waals surface area contributed by atoms with E-state index in [1.54, 1.807) is 18.2 Å². The van der Waals surface area contributed by atoms with Gasteiger partial charge in [0, 0.05) is 16.8 Å². The number of nitrogens with one attached hydrogen (secondary N) is 1. The molecule has 0 aliphatic heterocycles. The maximum Gasteiger partial charge on any atom is 0.259 e. The number of aromatic hydroxyl groups is 1. The van der Waals surface area contributed by atoms with Crippen LogP contribution in [0.15, 0.2) is 76.9 Å². The SMILES string of the molecule is CC/C(C)=C(\C)N=C(N)SC.Nc1c(O)c(C(=O)Nc2ccccc2)cc2ccccc12. The monoisotopic (exact) mass is 450 g/mol. The lowest BCUT2D eigenvalue weighted by atomic mass is 10.0. The summed E-state index contributed by atoms with van der Waals surface area (Å²) in [5.41, 5.74) is 14.8. The third-order valence-corrected chi connectivity index (χ3v) is 5.48. The van der Waals surface area contributed by atoms with Crippen LogP contribution < -0.4 is 16.8 Å². The van der Waals surface area contributed by atoms with Gasteiger partial charge in [-0.15, -0.1) is 0 Å². The van der Waals surface area contributed by atoms with E-state index in [1.165, 1.54) is 17.3 Å². The Labute approximate surface area is 193 Å². The van der Waals surface area contributed by atoms with E-state index < -0.39 is 5.91 Å². The molecule has 0 fully saturated rings. The molecule has 0 bridgehead atoms. The molecule has 0 unspecified atom stereocenters. The Hall–Kier alpha value is -3.45. The minimum Gasteiger partial charge on any atom is -0.505 e. The molecule has 0 saturated carbocycles. The highest BCUT2D eigenvalue weighted by molar-refractivity contribution is 8.13. The van der Waals surface area contributed by atoms with E-state index in [1.807, 2.05) is 55.6 Å². The summed E-state index contributed by atoms with van der Waals surface area (Å²) in [7, 11) is 0. The molecule has 0 aliphatic rings. The number of allylic oxidation sites excluding steroid dienone is 2. The quantitative estimate of drug-likeness (QED) is 0.175. The molecule has 0 aliphatic carbocycles. The van der Waals surface area contributed by atoms with Gasteiger partial charge in [-0.05, 0) is 50.1 Å². The van der Waals surface area contributed by atoms with Crippen LogP contribution in [-0.2, 0) is 0 Å². The molecule has 0 atom stereocenters. The van der Waals surface area contributed by atoms with Gasteiger partial charge in [0.2, 0.25) is 0 Å². The van der Waals surface area contributed by atoms with Gasteiger partial charge in [-0.3, -0.25) is 4.79 Å². The lowest BCUT2D eigenvalue weighted by molar-refractivity contribution is 0.102. The van der Waals surface area contributed by atoms with Crippen molar-refractivity contribution in [1.29, 1.82) is 0 Å². The molecule has 1 amide bonds. The van der Waals surface area contributed by atoms with Crippen molar-refractivity contribution in [3.63, 3.8) is 0 Å². The first-order valence-corrected chi connectivity index (χ1v) is 11.4. The highest BCUT2D eigenvalue weighted by Crippen LogP contribution is 2.33. The fourth-order valence-corrected chi connectivity index (χ4v) is 3.05. The van der Waals surface area contributed by atoms with Crippen LogP contribution in [0.1, 0.15) is 37.6 Å². The number of nitrogen functional groups attached to an aromatic ring is 1. The molecule has 3 rings (SSSR count). The Morgan fingerprint density at radius 2 is 1.72 bits per heavy atom. The Morgan fingerprint density at radius 3 is 2.34 bits per heavy atom. The second kappa shape index (κ2) is 11.8. The number of rotatable bonds is 4. The number of thioether (sulfide) groups is 1. The summed E-state index contributed by atoms with van der Waals surface area (Å²) in [6, 6.07) is 18.1. The highest BCUT2D eigenvalue weighted by atomic mass is 32.2.